The van der Waals surface area contributed by atoms with Crippen LogP contribution in [0, 0.1) is 0 Å². The van der Waals surface area contributed by atoms with Gasteiger partial charge in [-0.05, 0) is 24.6 Å². The molecule has 0 aromatic heterocycles. The molecule has 2 aromatic carbocycles. The van der Waals surface area contributed by atoms with E-state index in [1.54, 1.807) is 24.3 Å². The molecule has 148 valence electrons. The Balaban J connectivity index is 1.90. The highest BCUT2D eigenvalue weighted by atomic mass is 16.5. The van der Waals surface area contributed by atoms with Crippen LogP contribution >= 0.6 is 0 Å². The maximum atomic E-state index is 12.2. The van der Waals surface area contributed by atoms with Crippen LogP contribution in [0.3, 0.4) is 0 Å². The van der Waals surface area contributed by atoms with Gasteiger partial charge in [0.2, 0.25) is 5.91 Å². The maximum Gasteiger partial charge on any atom is 0.308 e. The molecule has 0 aliphatic carbocycles. The second-order valence-electron chi connectivity index (χ2n) is 6.01. The Morgan fingerprint density at radius 1 is 1.00 bits per heavy atom. The highest BCUT2D eigenvalue weighted by Gasteiger charge is 2.19. The molecule has 2 rings (SSSR count). The molecule has 2 N–H and O–H groups in total. The molecule has 0 heterocycles. The fourth-order valence-electron chi connectivity index (χ4n) is 2.59. The SMILES string of the molecule is CCOc1ccccc1NC(=O)COC(=O)C[C@H](NC(C)=O)c1ccccc1. The van der Waals surface area contributed by atoms with Crippen LogP contribution in [-0.2, 0) is 19.1 Å². The lowest BCUT2D eigenvalue weighted by atomic mass is 10.0. The van der Waals surface area contributed by atoms with E-state index in [9.17, 15) is 14.4 Å². The van der Waals surface area contributed by atoms with E-state index in [1.165, 1.54) is 6.92 Å². The minimum Gasteiger partial charge on any atom is -0.492 e. The average Bonchev–Trinajstić information content (AvgIpc) is 2.68. The highest BCUT2D eigenvalue weighted by molar-refractivity contribution is 5.94. The van der Waals surface area contributed by atoms with Crippen LogP contribution in [0.25, 0.3) is 0 Å². The molecule has 0 bridgehead atoms. The molecule has 2 aromatic rings. The summed E-state index contributed by atoms with van der Waals surface area (Å²) in [5.41, 5.74) is 1.29. The number of amides is 2. The van der Waals surface area contributed by atoms with Crippen molar-refractivity contribution in [1.29, 1.82) is 0 Å². The van der Waals surface area contributed by atoms with Gasteiger partial charge < -0.3 is 20.1 Å². The van der Waals surface area contributed by atoms with Gasteiger partial charge in [0.15, 0.2) is 6.61 Å². The minimum atomic E-state index is -0.587. The zero-order valence-corrected chi connectivity index (χ0v) is 15.9. The number of carbonyl (C=O) groups is 3. The molecule has 0 fully saturated rings. The number of ether oxygens (including phenoxy) is 2. The van der Waals surface area contributed by atoms with E-state index in [0.29, 0.717) is 18.0 Å². The molecule has 0 aliphatic rings. The Labute approximate surface area is 164 Å². The molecule has 1 atom stereocenters. The van der Waals surface area contributed by atoms with E-state index in [-0.39, 0.29) is 12.3 Å². The predicted octanol–water partition coefficient (Wildman–Crippen LogP) is 2.83. The molecule has 0 saturated carbocycles. The smallest absolute Gasteiger partial charge is 0.308 e. The Kier molecular flexibility index (Phi) is 8.02. The number of benzene rings is 2. The first kappa shape index (κ1) is 21.0. The Morgan fingerprint density at radius 3 is 2.36 bits per heavy atom. The molecule has 28 heavy (non-hydrogen) atoms. The van der Waals surface area contributed by atoms with Crippen molar-refractivity contribution in [2.45, 2.75) is 26.3 Å². The van der Waals surface area contributed by atoms with Crippen LogP contribution < -0.4 is 15.4 Å². The van der Waals surface area contributed by atoms with Gasteiger partial charge >= 0.3 is 5.97 Å². The van der Waals surface area contributed by atoms with Gasteiger partial charge in [0.25, 0.3) is 5.91 Å². The summed E-state index contributed by atoms with van der Waals surface area (Å²) in [7, 11) is 0. The number of rotatable bonds is 9. The molecular formula is C21H24N2O5. The summed E-state index contributed by atoms with van der Waals surface area (Å²) < 4.78 is 10.5. The van der Waals surface area contributed by atoms with E-state index in [0.717, 1.165) is 5.56 Å². The summed E-state index contributed by atoms with van der Waals surface area (Å²) in [4.78, 5) is 35.7. The third kappa shape index (κ3) is 6.75. The summed E-state index contributed by atoms with van der Waals surface area (Å²) in [5, 5.41) is 5.38. The van der Waals surface area contributed by atoms with Gasteiger partial charge in [-0.2, -0.15) is 0 Å². The Bertz CT molecular complexity index is 807. The zero-order chi connectivity index (χ0) is 20.4. The van der Waals surface area contributed by atoms with Gasteiger partial charge in [0, 0.05) is 6.92 Å². The number of para-hydroxylation sites is 2. The molecule has 7 nitrogen and oxygen atoms in total. The normalized spacial score (nSPS) is 11.2. The lowest BCUT2D eigenvalue weighted by Crippen LogP contribution is -2.29. The molecule has 0 unspecified atom stereocenters. The number of hydrogen-bond acceptors (Lipinski definition) is 5. The van der Waals surface area contributed by atoms with Gasteiger partial charge in [0.05, 0.1) is 24.8 Å². The average molecular weight is 384 g/mol. The minimum absolute atomic E-state index is 0.0770. The summed E-state index contributed by atoms with van der Waals surface area (Å²) in [6.45, 7) is 3.26. The number of anilines is 1. The first-order valence-electron chi connectivity index (χ1n) is 8.99. The van der Waals surface area contributed by atoms with Gasteiger partial charge in [0.1, 0.15) is 5.75 Å². The van der Waals surface area contributed by atoms with E-state index in [1.807, 2.05) is 37.3 Å². The highest BCUT2D eigenvalue weighted by Crippen LogP contribution is 2.23. The third-order valence-electron chi connectivity index (χ3n) is 3.78. The van der Waals surface area contributed by atoms with Gasteiger partial charge in [-0.25, -0.2) is 0 Å². The first-order valence-corrected chi connectivity index (χ1v) is 8.99. The molecular weight excluding hydrogens is 360 g/mol. The molecule has 2 amide bonds. The Morgan fingerprint density at radius 2 is 1.68 bits per heavy atom. The second-order valence-corrected chi connectivity index (χ2v) is 6.01. The summed E-state index contributed by atoms with van der Waals surface area (Å²) in [6.07, 6.45) is -0.0770. The van der Waals surface area contributed by atoms with E-state index >= 15 is 0 Å². The van der Waals surface area contributed by atoms with Gasteiger partial charge in [-0.1, -0.05) is 42.5 Å². The monoisotopic (exact) mass is 384 g/mol. The lowest BCUT2D eigenvalue weighted by molar-refractivity contribution is -0.148. The van der Waals surface area contributed by atoms with Crippen LogP contribution in [0.4, 0.5) is 5.69 Å². The van der Waals surface area contributed by atoms with Gasteiger partial charge in [-0.3, -0.25) is 14.4 Å². The van der Waals surface area contributed by atoms with Crippen LogP contribution in [0.1, 0.15) is 31.9 Å². The van der Waals surface area contributed by atoms with E-state index < -0.39 is 24.5 Å². The first-order chi connectivity index (χ1) is 13.5. The number of nitrogens with one attached hydrogen (secondary N) is 2. The lowest BCUT2D eigenvalue weighted by Gasteiger charge is -2.17. The van der Waals surface area contributed by atoms with Crippen molar-refractivity contribution in [2.24, 2.45) is 0 Å². The molecule has 0 saturated heterocycles. The largest absolute Gasteiger partial charge is 0.492 e. The van der Waals surface area contributed by atoms with E-state index in [2.05, 4.69) is 10.6 Å². The van der Waals surface area contributed by atoms with Crippen LogP contribution in [-0.4, -0.2) is 31.0 Å². The van der Waals surface area contributed by atoms with Crippen molar-refractivity contribution in [3.05, 3.63) is 60.2 Å². The third-order valence-corrected chi connectivity index (χ3v) is 3.78. The summed E-state index contributed by atoms with van der Waals surface area (Å²) in [5.74, 6) is -0.779. The topological polar surface area (TPSA) is 93.7 Å². The quantitative estimate of drug-likeness (QED) is 0.649. The maximum absolute atomic E-state index is 12.2. The number of carbonyl (C=O) groups excluding carboxylic acids is 3. The van der Waals surface area contributed by atoms with Crippen molar-refractivity contribution >= 4 is 23.5 Å². The number of esters is 1. The summed E-state index contributed by atoms with van der Waals surface area (Å²) >= 11 is 0. The van der Waals surface area contributed by atoms with Crippen LogP contribution in [0.5, 0.6) is 5.75 Å². The molecule has 0 radical (unpaired) electrons. The molecule has 7 heteroatoms. The van der Waals surface area contributed by atoms with Crippen molar-refractivity contribution < 1.29 is 23.9 Å². The van der Waals surface area contributed by atoms with Crippen molar-refractivity contribution in [3.63, 3.8) is 0 Å². The number of hydrogen-bond donors (Lipinski definition) is 2. The molecule has 0 aliphatic heterocycles. The summed E-state index contributed by atoms with van der Waals surface area (Å²) in [6, 6.07) is 15.6. The van der Waals surface area contributed by atoms with E-state index in [4.69, 9.17) is 9.47 Å². The fraction of sp³-hybridized carbons (Fsp3) is 0.286. The zero-order valence-electron chi connectivity index (χ0n) is 15.9. The Hall–Kier alpha value is -3.35. The van der Waals surface area contributed by atoms with Crippen molar-refractivity contribution in [2.75, 3.05) is 18.5 Å². The fourth-order valence-corrected chi connectivity index (χ4v) is 2.59. The second kappa shape index (κ2) is 10.7. The van der Waals surface area contributed by atoms with Crippen molar-refractivity contribution in [3.8, 4) is 5.75 Å². The molecule has 0 spiro atoms. The predicted molar refractivity (Wildman–Crippen MR) is 105 cm³/mol. The van der Waals surface area contributed by atoms with Crippen LogP contribution in [0.2, 0.25) is 0 Å². The van der Waals surface area contributed by atoms with Gasteiger partial charge in [-0.15, -0.1) is 0 Å². The van der Waals surface area contributed by atoms with Crippen LogP contribution in [0.15, 0.2) is 54.6 Å². The standard InChI is InChI=1S/C21H24N2O5/c1-3-27-19-12-8-7-11-17(19)23-20(25)14-28-21(26)13-18(22-15(2)24)16-9-5-4-6-10-16/h4-12,18H,3,13-14H2,1-2H3,(H,22,24)(H,23,25)/t18-/m0/s1. The van der Waals surface area contributed by atoms with Crippen molar-refractivity contribution in [1.82, 2.24) is 5.32 Å².